The maximum atomic E-state index is 4.51. The van der Waals surface area contributed by atoms with Crippen molar-refractivity contribution in [3.63, 3.8) is 0 Å². The molecule has 1 N–H and O–H groups in total. The highest BCUT2D eigenvalue weighted by atomic mass is 79.9. The lowest BCUT2D eigenvalue weighted by atomic mass is 10.2. The second-order valence-electron chi connectivity index (χ2n) is 4.07. The monoisotopic (exact) mass is 310 g/mol. The minimum atomic E-state index is 0.792. The van der Waals surface area contributed by atoms with Crippen LogP contribution in [0.5, 0.6) is 0 Å². The Kier molecular flexibility index (Phi) is 3.84. The van der Waals surface area contributed by atoms with Gasteiger partial charge < -0.3 is 5.32 Å². The molecule has 0 fully saturated rings. The fraction of sp³-hybridized carbons (Fsp3) is 0.308. The van der Waals surface area contributed by atoms with Gasteiger partial charge in [-0.1, -0.05) is 15.9 Å². The van der Waals surface area contributed by atoms with E-state index in [1.807, 2.05) is 0 Å². The van der Waals surface area contributed by atoms with Crippen LogP contribution >= 0.6 is 27.3 Å². The molecule has 2 aromatic rings. The van der Waals surface area contributed by atoms with E-state index in [1.54, 1.807) is 11.3 Å². The standard InChI is InChI=1S/C13H15BrN2S/c1-8-6-11(4-5-12(8)14)15-7-13-16-9(2)10(3)17-13/h4-6,15H,7H2,1-3H3. The van der Waals surface area contributed by atoms with E-state index in [-0.39, 0.29) is 0 Å². The zero-order valence-corrected chi connectivity index (χ0v) is 12.6. The number of aryl methyl sites for hydroxylation is 3. The van der Waals surface area contributed by atoms with Crippen LogP contribution in [0.1, 0.15) is 21.1 Å². The zero-order chi connectivity index (χ0) is 12.4. The predicted octanol–water partition coefficient (Wildman–Crippen LogP) is 4.44. The molecule has 0 aliphatic rings. The number of halogens is 1. The highest BCUT2D eigenvalue weighted by Crippen LogP contribution is 2.21. The van der Waals surface area contributed by atoms with Gasteiger partial charge in [-0.25, -0.2) is 4.98 Å². The van der Waals surface area contributed by atoms with Crippen molar-refractivity contribution in [2.45, 2.75) is 27.3 Å². The van der Waals surface area contributed by atoms with E-state index in [4.69, 9.17) is 0 Å². The summed E-state index contributed by atoms with van der Waals surface area (Å²) in [5.41, 5.74) is 3.51. The van der Waals surface area contributed by atoms with Crippen LogP contribution in [-0.4, -0.2) is 4.98 Å². The van der Waals surface area contributed by atoms with Crippen LogP contribution in [0.3, 0.4) is 0 Å². The first-order chi connectivity index (χ1) is 8.06. The molecule has 0 saturated carbocycles. The molecule has 0 aliphatic carbocycles. The van der Waals surface area contributed by atoms with Crippen molar-refractivity contribution < 1.29 is 0 Å². The van der Waals surface area contributed by atoms with Gasteiger partial charge in [-0.15, -0.1) is 11.3 Å². The van der Waals surface area contributed by atoms with Crippen molar-refractivity contribution >= 4 is 33.0 Å². The van der Waals surface area contributed by atoms with Gasteiger partial charge in [-0.05, 0) is 44.5 Å². The molecule has 17 heavy (non-hydrogen) atoms. The number of thiazole rings is 1. The highest BCUT2D eigenvalue weighted by Gasteiger charge is 2.03. The number of anilines is 1. The summed E-state index contributed by atoms with van der Waals surface area (Å²) in [6.07, 6.45) is 0. The lowest BCUT2D eigenvalue weighted by molar-refractivity contribution is 1.07. The fourth-order valence-electron chi connectivity index (χ4n) is 1.55. The average molecular weight is 311 g/mol. The molecule has 0 aliphatic heterocycles. The van der Waals surface area contributed by atoms with Gasteiger partial charge in [0.2, 0.25) is 0 Å². The zero-order valence-electron chi connectivity index (χ0n) is 10.2. The number of rotatable bonds is 3. The van der Waals surface area contributed by atoms with Crippen LogP contribution in [0, 0.1) is 20.8 Å². The SMILES string of the molecule is Cc1cc(NCc2nc(C)c(C)s2)ccc1Br. The van der Waals surface area contributed by atoms with Crippen molar-refractivity contribution in [3.05, 3.63) is 43.8 Å². The van der Waals surface area contributed by atoms with Gasteiger partial charge in [-0.2, -0.15) is 0 Å². The molecule has 0 amide bonds. The molecule has 0 radical (unpaired) electrons. The largest absolute Gasteiger partial charge is 0.379 e. The first kappa shape index (κ1) is 12.6. The maximum absolute atomic E-state index is 4.51. The Labute approximate surface area is 114 Å². The molecule has 2 nitrogen and oxygen atoms in total. The number of nitrogens with zero attached hydrogens (tertiary/aromatic N) is 1. The number of hydrogen-bond donors (Lipinski definition) is 1. The third-order valence-corrected chi connectivity index (χ3v) is 4.64. The van der Waals surface area contributed by atoms with Gasteiger partial charge in [0.1, 0.15) is 5.01 Å². The predicted molar refractivity (Wildman–Crippen MR) is 77.8 cm³/mol. The van der Waals surface area contributed by atoms with Crippen LogP contribution < -0.4 is 5.32 Å². The number of benzene rings is 1. The van der Waals surface area contributed by atoms with Crippen molar-refractivity contribution in [2.24, 2.45) is 0 Å². The smallest absolute Gasteiger partial charge is 0.112 e. The molecule has 0 unspecified atom stereocenters. The summed E-state index contributed by atoms with van der Waals surface area (Å²) in [6, 6.07) is 6.28. The highest BCUT2D eigenvalue weighted by molar-refractivity contribution is 9.10. The molecular formula is C13H15BrN2S. The van der Waals surface area contributed by atoms with E-state index < -0.39 is 0 Å². The fourth-order valence-corrected chi connectivity index (χ4v) is 2.67. The van der Waals surface area contributed by atoms with Crippen molar-refractivity contribution in [1.82, 2.24) is 4.98 Å². The number of hydrogen-bond acceptors (Lipinski definition) is 3. The molecular weight excluding hydrogens is 296 g/mol. The van der Waals surface area contributed by atoms with E-state index in [0.29, 0.717) is 0 Å². The van der Waals surface area contributed by atoms with Crippen molar-refractivity contribution in [1.29, 1.82) is 0 Å². The molecule has 4 heteroatoms. The van der Waals surface area contributed by atoms with Crippen LogP contribution in [0.15, 0.2) is 22.7 Å². The summed E-state index contributed by atoms with van der Waals surface area (Å²) in [5, 5.41) is 4.54. The Balaban J connectivity index is 2.04. The third-order valence-electron chi connectivity index (χ3n) is 2.67. The quantitative estimate of drug-likeness (QED) is 0.906. The van der Waals surface area contributed by atoms with Gasteiger partial charge >= 0.3 is 0 Å². The summed E-state index contributed by atoms with van der Waals surface area (Å²) >= 11 is 5.26. The molecule has 90 valence electrons. The second-order valence-corrected chi connectivity index (χ2v) is 6.21. The van der Waals surface area contributed by atoms with E-state index in [0.717, 1.165) is 27.4 Å². The van der Waals surface area contributed by atoms with Crippen molar-refractivity contribution in [2.75, 3.05) is 5.32 Å². The summed E-state index contributed by atoms with van der Waals surface area (Å²) in [4.78, 5) is 5.81. The molecule has 0 spiro atoms. The lowest BCUT2D eigenvalue weighted by Crippen LogP contribution is -1.99. The average Bonchev–Trinajstić information content (AvgIpc) is 2.60. The normalized spacial score (nSPS) is 10.6. The molecule has 0 atom stereocenters. The van der Waals surface area contributed by atoms with E-state index in [2.05, 4.69) is 65.2 Å². The van der Waals surface area contributed by atoms with Crippen LogP contribution in [0.25, 0.3) is 0 Å². The minimum absolute atomic E-state index is 0.792. The van der Waals surface area contributed by atoms with Crippen LogP contribution in [-0.2, 0) is 6.54 Å². The third kappa shape index (κ3) is 3.07. The Bertz CT molecular complexity index is 515. The Morgan fingerprint density at radius 1 is 1.29 bits per heavy atom. The molecule has 2 rings (SSSR count). The van der Waals surface area contributed by atoms with Gasteiger partial charge in [0, 0.05) is 15.0 Å². The van der Waals surface area contributed by atoms with Crippen LogP contribution in [0.2, 0.25) is 0 Å². The Morgan fingerprint density at radius 2 is 2.06 bits per heavy atom. The summed E-state index contributed by atoms with van der Waals surface area (Å²) in [7, 11) is 0. The van der Waals surface area contributed by atoms with E-state index >= 15 is 0 Å². The maximum Gasteiger partial charge on any atom is 0.112 e. The molecule has 1 heterocycles. The molecule has 1 aromatic heterocycles. The number of nitrogens with one attached hydrogen (secondary N) is 1. The van der Waals surface area contributed by atoms with Gasteiger partial charge in [0.25, 0.3) is 0 Å². The summed E-state index contributed by atoms with van der Waals surface area (Å²) < 4.78 is 1.14. The molecule has 0 saturated heterocycles. The Morgan fingerprint density at radius 3 is 2.65 bits per heavy atom. The summed E-state index contributed by atoms with van der Waals surface area (Å²) in [6.45, 7) is 7.05. The molecule has 1 aromatic carbocycles. The van der Waals surface area contributed by atoms with Gasteiger partial charge in [-0.3, -0.25) is 0 Å². The van der Waals surface area contributed by atoms with Crippen LogP contribution in [0.4, 0.5) is 5.69 Å². The first-order valence-electron chi connectivity index (χ1n) is 5.49. The topological polar surface area (TPSA) is 24.9 Å². The van der Waals surface area contributed by atoms with Gasteiger partial charge in [0.05, 0.1) is 12.2 Å². The van der Waals surface area contributed by atoms with E-state index in [1.165, 1.54) is 10.4 Å². The summed E-state index contributed by atoms with van der Waals surface area (Å²) in [5.74, 6) is 0. The van der Waals surface area contributed by atoms with Gasteiger partial charge in [0.15, 0.2) is 0 Å². The van der Waals surface area contributed by atoms with E-state index in [9.17, 15) is 0 Å². The lowest BCUT2D eigenvalue weighted by Gasteiger charge is -2.06. The second kappa shape index (κ2) is 5.19. The Hall–Kier alpha value is -0.870. The van der Waals surface area contributed by atoms with Crippen molar-refractivity contribution in [3.8, 4) is 0 Å². The first-order valence-corrected chi connectivity index (χ1v) is 7.10. The molecule has 0 bridgehead atoms. The number of aromatic nitrogens is 1. The minimum Gasteiger partial charge on any atom is -0.379 e.